The number of carbonyl (C=O) groups excluding carboxylic acids is 1. The fourth-order valence-corrected chi connectivity index (χ4v) is 5.56. The molecule has 132 valence electrons. The third kappa shape index (κ3) is 1.64. The first-order chi connectivity index (χ1) is 14.8. The van der Waals surface area contributed by atoms with Crippen LogP contribution in [-0.4, -0.2) is 51.7 Å². The molecule has 5 nitrogen and oxygen atoms in total. The van der Waals surface area contributed by atoms with Crippen LogP contribution in [0.15, 0.2) is 24.7 Å². The highest BCUT2D eigenvalue weighted by Crippen LogP contribution is 2.64. The van der Waals surface area contributed by atoms with Crippen LogP contribution in [0.25, 0.3) is 0 Å². The maximum atomic E-state index is 12.8. The van der Waals surface area contributed by atoms with Gasteiger partial charge in [0.25, 0.3) is 0 Å². The van der Waals surface area contributed by atoms with E-state index in [0.29, 0.717) is 11.1 Å². The van der Waals surface area contributed by atoms with Crippen LogP contribution in [0.5, 0.6) is 11.5 Å². The van der Waals surface area contributed by atoms with Gasteiger partial charge in [0.05, 0.1) is 15.1 Å². The Balaban J connectivity index is 1.70. The lowest BCUT2D eigenvalue weighted by molar-refractivity contribution is -0.188. The fraction of sp³-hybridized carbons (Fsp3) is 0.550. The lowest BCUT2D eigenvalue weighted by Crippen LogP contribution is -2.76. The number of likely N-dealkylation sites (tertiary alicyclic amines) is 1. The number of hydrogen-bond acceptors (Lipinski definition) is 5. The molecule has 0 unspecified atom stereocenters. The predicted octanol–water partition coefficient (Wildman–Crippen LogP) is 1.69. The molecule has 4 aliphatic rings. The molecular formula is C20H23NO4. The van der Waals surface area contributed by atoms with Crippen molar-refractivity contribution in [1.82, 2.24) is 4.90 Å². The smallest absolute Gasteiger partial charge is 0.174 e. The Morgan fingerprint density at radius 2 is 2.44 bits per heavy atom. The fourth-order valence-electron chi connectivity index (χ4n) is 5.56. The first-order valence-corrected chi connectivity index (χ1v) is 8.49. The molecule has 2 bridgehead atoms. The summed E-state index contributed by atoms with van der Waals surface area (Å²) in [6.07, 6.45) is -3.75. The molecule has 2 fully saturated rings. The van der Waals surface area contributed by atoms with Gasteiger partial charge in [0.2, 0.25) is 0 Å². The topological polar surface area (TPSA) is 70.0 Å². The second-order valence-electron chi connectivity index (χ2n) is 7.33. The van der Waals surface area contributed by atoms with Gasteiger partial charge in [0.15, 0.2) is 23.4 Å². The Labute approximate surface area is 156 Å². The Bertz CT molecular complexity index is 1070. The van der Waals surface area contributed by atoms with Gasteiger partial charge in [-0.2, -0.15) is 0 Å². The Kier molecular flexibility index (Phi) is 1.89. The molecular weight excluding hydrogens is 318 g/mol. The van der Waals surface area contributed by atoms with Crippen molar-refractivity contribution >= 4 is 5.78 Å². The molecule has 2 aliphatic heterocycles. The maximum Gasteiger partial charge on any atom is 0.174 e. The number of phenolic OH excluding ortho intramolecular Hbond substituents is 1. The summed E-state index contributed by atoms with van der Waals surface area (Å²) in [4.78, 5) is 14.0. The molecule has 0 aromatic heterocycles. The van der Waals surface area contributed by atoms with E-state index in [1.165, 1.54) is 11.0 Å². The van der Waals surface area contributed by atoms with Crippen molar-refractivity contribution in [2.24, 2.45) is 0 Å². The highest BCUT2D eigenvalue weighted by atomic mass is 16.5. The van der Waals surface area contributed by atoms with Crippen LogP contribution in [0.3, 0.4) is 0 Å². The highest BCUT2D eigenvalue weighted by Gasteiger charge is 2.73. The highest BCUT2D eigenvalue weighted by molar-refractivity contribution is 5.90. The molecule has 25 heavy (non-hydrogen) atoms. The number of nitrogens with zero attached hydrogens (tertiary/aromatic N) is 1. The largest absolute Gasteiger partial charge is 0.504 e. The zero-order valence-electron chi connectivity index (χ0n) is 20.5. The van der Waals surface area contributed by atoms with Crippen molar-refractivity contribution < 1.29 is 29.3 Å². The van der Waals surface area contributed by atoms with E-state index in [2.05, 4.69) is 0 Å². The van der Waals surface area contributed by atoms with Crippen LogP contribution in [0, 0.1) is 0 Å². The number of aliphatic hydroxyl groups is 1. The van der Waals surface area contributed by atoms with Gasteiger partial charge in [-0.25, -0.2) is 0 Å². The molecule has 1 aromatic carbocycles. The average molecular weight is 348 g/mol. The third-order valence-corrected chi connectivity index (χ3v) is 6.52. The second-order valence-corrected chi connectivity index (χ2v) is 7.33. The molecule has 2 heterocycles. The van der Waals surface area contributed by atoms with E-state index in [0.717, 1.165) is 0 Å². The molecule has 2 aliphatic carbocycles. The van der Waals surface area contributed by atoms with E-state index in [-0.39, 0.29) is 49.5 Å². The van der Waals surface area contributed by atoms with E-state index in [1.807, 2.05) is 0 Å². The number of piperidine rings is 1. The van der Waals surface area contributed by atoms with Gasteiger partial charge in [-0.3, -0.25) is 9.69 Å². The van der Waals surface area contributed by atoms with Gasteiger partial charge in [0.1, 0.15) is 0 Å². The summed E-state index contributed by atoms with van der Waals surface area (Å²) in [5.41, 5.74) is -1.54. The molecule has 5 rings (SSSR count). The van der Waals surface area contributed by atoms with Crippen molar-refractivity contribution in [3.05, 3.63) is 35.8 Å². The number of ether oxygens (including phenoxy) is 1. The number of benzene rings is 1. The van der Waals surface area contributed by atoms with Gasteiger partial charge in [-0.05, 0) is 43.8 Å². The van der Waals surface area contributed by atoms with Crippen LogP contribution in [0.1, 0.15) is 46.4 Å². The van der Waals surface area contributed by atoms with Crippen molar-refractivity contribution in [3.63, 3.8) is 0 Å². The summed E-state index contributed by atoms with van der Waals surface area (Å²) in [6, 6.07) is 1.07. The number of Topliss-reactive ketones (excluding diaryl/α,β-unsaturated/α-hetero) is 1. The van der Waals surface area contributed by atoms with Crippen molar-refractivity contribution in [2.75, 3.05) is 13.0 Å². The van der Waals surface area contributed by atoms with E-state index in [4.69, 9.17) is 14.3 Å². The van der Waals surface area contributed by atoms with Gasteiger partial charge < -0.3 is 14.9 Å². The minimum atomic E-state index is -2.98. The van der Waals surface area contributed by atoms with Crippen molar-refractivity contribution in [3.8, 4) is 11.5 Å². The van der Waals surface area contributed by atoms with E-state index in [1.54, 1.807) is 6.07 Å². The molecule has 5 heteroatoms. The van der Waals surface area contributed by atoms with Gasteiger partial charge in [-0.1, -0.05) is 12.1 Å². The van der Waals surface area contributed by atoms with E-state index < -0.39 is 48.6 Å². The summed E-state index contributed by atoms with van der Waals surface area (Å²) in [6.45, 7) is -3.97. The number of hydrogen-bond donors (Lipinski definition) is 2. The van der Waals surface area contributed by atoms with Gasteiger partial charge >= 0.3 is 0 Å². The lowest BCUT2D eigenvalue weighted by atomic mass is 9.49. The first kappa shape index (κ1) is 9.74. The summed E-state index contributed by atoms with van der Waals surface area (Å²) in [5.74, 6) is -0.151. The van der Waals surface area contributed by atoms with Crippen LogP contribution in [0.4, 0.5) is 0 Å². The number of rotatable bonds is 3. The van der Waals surface area contributed by atoms with Crippen LogP contribution in [-0.2, 0) is 16.6 Å². The van der Waals surface area contributed by atoms with Gasteiger partial charge in [-0.15, -0.1) is 6.53 Å². The normalized spacial score (nSPS) is 43.2. The molecule has 2 N–H and O–H groups in total. The number of ketones is 1. The monoisotopic (exact) mass is 348 g/mol. The number of aromatic hydroxyl groups is 1. The lowest BCUT2D eigenvalue weighted by Gasteiger charge is -2.62. The predicted molar refractivity (Wildman–Crippen MR) is 91.9 cm³/mol. The van der Waals surface area contributed by atoms with Crippen molar-refractivity contribution in [2.45, 2.75) is 55.2 Å². The first-order valence-electron chi connectivity index (χ1n) is 12.0. The second kappa shape index (κ2) is 4.86. The Morgan fingerprint density at radius 1 is 1.56 bits per heavy atom. The summed E-state index contributed by atoms with van der Waals surface area (Å²) < 4.78 is 62.2. The molecule has 4 atom stereocenters. The maximum absolute atomic E-state index is 12.8. The van der Waals surface area contributed by atoms with Crippen LogP contribution in [0.2, 0.25) is 0 Å². The quantitative estimate of drug-likeness (QED) is 0.814. The zero-order valence-corrected chi connectivity index (χ0v) is 13.5. The summed E-state index contributed by atoms with van der Waals surface area (Å²) in [5, 5.41) is 22.5. The Hall–Kier alpha value is -1.85. The summed E-state index contributed by atoms with van der Waals surface area (Å²) >= 11 is 0. The molecule has 0 amide bonds. The van der Waals surface area contributed by atoms with E-state index >= 15 is 0 Å². The zero-order chi connectivity index (χ0) is 23.4. The minimum absolute atomic E-state index is 0.000415. The average Bonchev–Trinajstić information content (AvgIpc) is 3.07. The Morgan fingerprint density at radius 3 is 3.28 bits per heavy atom. The molecule has 1 aromatic rings. The summed E-state index contributed by atoms with van der Waals surface area (Å²) in [7, 11) is 0. The van der Waals surface area contributed by atoms with Gasteiger partial charge in [0, 0.05) is 30.0 Å². The molecule has 1 saturated carbocycles. The SMILES string of the molecule is [2H]C([2H])=C([2H])C([2H])([2H])C([2H])([2H])N1CC[C@]23c4c5ccc(O)c4O[C@H]2C(=O)CC[C@@]3(O)[C@H]1C5. The van der Waals surface area contributed by atoms with E-state index in [9.17, 15) is 15.0 Å². The minimum Gasteiger partial charge on any atom is -0.504 e. The molecule has 1 spiro atoms. The standard InChI is InChI=1S/C20H23NO4/c1-2-3-9-21-10-8-19-16-12-4-5-13(22)17(16)25-18(19)14(23)6-7-20(19,24)15(21)11-12/h2,4-5,15,18,22,24H,1,3,6-11H2/t15-,18+,19+,20-/m1/s1/i1D2,2D,3D2,9D2. The molecule has 1 saturated heterocycles. The van der Waals surface area contributed by atoms with Crippen LogP contribution < -0.4 is 4.74 Å². The number of carbonyl (C=O) groups is 1. The van der Waals surface area contributed by atoms with Crippen LogP contribution >= 0.6 is 0 Å². The van der Waals surface area contributed by atoms with Crippen molar-refractivity contribution in [1.29, 1.82) is 0 Å². The molecule has 0 radical (unpaired) electrons. The number of phenols is 1. The third-order valence-electron chi connectivity index (χ3n) is 6.52.